The molecule has 2 aliphatic rings. The zero-order valence-corrected chi connectivity index (χ0v) is 17.1. The molecule has 1 saturated heterocycles. The van der Waals surface area contributed by atoms with E-state index in [2.05, 4.69) is 17.4 Å². The SMILES string of the molecule is C[C@H](NC(=O)OCC1c2ccccc2-c2ccccc21)C(=O)N1CC(OCC(=O)O)C1. The fraction of sp³-hybridized carbons (Fsp3) is 0.348. The van der Waals surface area contributed by atoms with Crippen molar-refractivity contribution < 1.29 is 29.0 Å². The number of alkyl carbamates (subject to hydrolysis) is 1. The van der Waals surface area contributed by atoms with Crippen molar-refractivity contribution in [3.8, 4) is 11.1 Å². The number of nitrogens with one attached hydrogen (secondary N) is 1. The molecule has 2 aromatic carbocycles. The van der Waals surface area contributed by atoms with Crippen LogP contribution < -0.4 is 5.32 Å². The summed E-state index contributed by atoms with van der Waals surface area (Å²) in [5.41, 5.74) is 4.53. The maximum Gasteiger partial charge on any atom is 0.407 e. The Balaban J connectivity index is 1.28. The van der Waals surface area contributed by atoms with Gasteiger partial charge in [-0.3, -0.25) is 4.79 Å². The molecule has 0 radical (unpaired) electrons. The summed E-state index contributed by atoms with van der Waals surface area (Å²) < 4.78 is 10.6. The van der Waals surface area contributed by atoms with E-state index in [1.165, 1.54) is 4.90 Å². The Bertz CT molecular complexity index is 956. The van der Waals surface area contributed by atoms with Crippen LogP contribution in [0.2, 0.25) is 0 Å². The minimum atomic E-state index is -1.05. The molecule has 2 aromatic rings. The van der Waals surface area contributed by atoms with Crippen molar-refractivity contribution in [2.24, 2.45) is 0 Å². The Hall–Kier alpha value is -3.39. The highest BCUT2D eigenvalue weighted by atomic mass is 16.5. The second-order valence-corrected chi connectivity index (χ2v) is 7.76. The van der Waals surface area contributed by atoms with Gasteiger partial charge in [-0.2, -0.15) is 0 Å². The maximum atomic E-state index is 12.4. The van der Waals surface area contributed by atoms with Crippen molar-refractivity contribution in [3.05, 3.63) is 59.7 Å². The van der Waals surface area contributed by atoms with Crippen LogP contribution in [0.25, 0.3) is 11.1 Å². The van der Waals surface area contributed by atoms with E-state index in [0.29, 0.717) is 13.1 Å². The van der Waals surface area contributed by atoms with Crippen LogP contribution in [-0.4, -0.2) is 66.4 Å². The monoisotopic (exact) mass is 424 g/mol. The number of benzene rings is 2. The summed E-state index contributed by atoms with van der Waals surface area (Å²) in [7, 11) is 0. The molecule has 8 nitrogen and oxygen atoms in total. The molecule has 0 unspecified atom stereocenters. The number of ether oxygens (including phenoxy) is 2. The first kappa shape index (κ1) is 20.9. The molecule has 2 amide bonds. The third kappa shape index (κ3) is 4.39. The number of aliphatic carboxylic acids is 1. The number of amides is 2. The molecule has 1 heterocycles. The number of carboxylic acid groups (broad SMARTS) is 1. The summed E-state index contributed by atoms with van der Waals surface area (Å²) >= 11 is 0. The lowest BCUT2D eigenvalue weighted by atomic mass is 9.98. The number of carbonyl (C=O) groups excluding carboxylic acids is 2. The van der Waals surface area contributed by atoms with E-state index in [9.17, 15) is 14.4 Å². The number of hydrogen-bond acceptors (Lipinski definition) is 5. The fourth-order valence-electron chi connectivity index (χ4n) is 4.07. The Morgan fingerprint density at radius 2 is 1.65 bits per heavy atom. The normalized spacial score (nSPS) is 16.1. The van der Waals surface area contributed by atoms with Crippen LogP contribution in [-0.2, 0) is 19.1 Å². The van der Waals surface area contributed by atoms with Crippen molar-refractivity contribution >= 4 is 18.0 Å². The molecular weight excluding hydrogens is 400 g/mol. The first-order chi connectivity index (χ1) is 14.9. The van der Waals surface area contributed by atoms with Gasteiger partial charge in [-0.05, 0) is 29.2 Å². The summed E-state index contributed by atoms with van der Waals surface area (Å²) in [6, 6.07) is 15.4. The number of hydrogen-bond donors (Lipinski definition) is 2. The van der Waals surface area contributed by atoms with Crippen molar-refractivity contribution in [1.29, 1.82) is 0 Å². The number of fused-ring (bicyclic) bond motifs is 3. The van der Waals surface area contributed by atoms with E-state index in [1.54, 1.807) is 6.92 Å². The molecule has 0 aromatic heterocycles. The minimum absolute atomic E-state index is 0.0494. The molecule has 2 N–H and O–H groups in total. The molecule has 1 fully saturated rings. The van der Waals surface area contributed by atoms with Crippen LogP contribution in [0.15, 0.2) is 48.5 Å². The summed E-state index contributed by atoms with van der Waals surface area (Å²) in [6.45, 7) is 2.00. The van der Waals surface area contributed by atoms with Gasteiger partial charge in [0.05, 0.1) is 6.10 Å². The van der Waals surface area contributed by atoms with E-state index in [4.69, 9.17) is 14.6 Å². The highest BCUT2D eigenvalue weighted by Crippen LogP contribution is 2.44. The Labute approximate surface area is 179 Å². The van der Waals surface area contributed by atoms with Gasteiger partial charge < -0.3 is 24.8 Å². The van der Waals surface area contributed by atoms with Gasteiger partial charge >= 0.3 is 12.1 Å². The van der Waals surface area contributed by atoms with Crippen LogP contribution in [0, 0.1) is 0 Å². The van der Waals surface area contributed by atoms with Crippen LogP contribution in [0.5, 0.6) is 0 Å². The van der Waals surface area contributed by atoms with Crippen LogP contribution in [0.3, 0.4) is 0 Å². The van der Waals surface area contributed by atoms with Crippen LogP contribution in [0.1, 0.15) is 24.0 Å². The molecule has 1 aliphatic heterocycles. The van der Waals surface area contributed by atoms with Crippen LogP contribution in [0.4, 0.5) is 4.79 Å². The van der Waals surface area contributed by atoms with E-state index in [0.717, 1.165) is 22.3 Å². The molecule has 1 atom stereocenters. The fourth-order valence-corrected chi connectivity index (χ4v) is 4.07. The molecule has 4 rings (SSSR count). The van der Waals surface area contributed by atoms with Gasteiger partial charge in [0, 0.05) is 19.0 Å². The van der Waals surface area contributed by atoms with Gasteiger partial charge in [0.2, 0.25) is 5.91 Å². The smallest absolute Gasteiger partial charge is 0.407 e. The molecule has 31 heavy (non-hydrogen) atoms. The predicted molar refractivity (Wildman–Crippen MR) is 112 cm³/mol. The first-order valence-corrected chi connectivity index (χ1v) is 10.2. The average molecular weight is 424 g/mol. The molecule has 0 spiro atoms. The lowest BCUT2D eigenvalue weighted by molar-refractivity contribution is -0.155. The third-order valence-electron chi connectivity index (χ3n) is 5.65. The number of rotatable bonds is 7. The molecule has 1 aliphatic carbocycles. The van der Waals surface area contributed by atoms with E-state index in [-0.39, 0.29) is 31.1 Å². The Morgan fingerprint density at radius 1 is 1.06 bits per heavy atom. The van der Waals surface area contributed by atoms with Crippen molar-refractivity contribution in [2.75, 3.05) is 26.3 Å². The van der Waals surface area contributed by atoms with Gasteiger partial charge in [0.1, 0.15) is 19.3 Å². The topological polar surface area (TPSA) is 105 Å². The predicted octanol–water partition coefficient (Wildman–Crippen LogP) is 2.23. The molecule has 162 valence electrons. The first-order valence-electron chi connectivity index (χ1n) is 10.2. The third-order valence-corrected chi connectivity index (χ3v) is 5.65. The molecule has 8 heteroatoms. The zero-order valence-electron chi connectivity index (χ0n) is 17.1. The molecule has 0 bridgehead atoms. The Kier molecular flexibility index (Phi) is 5.90. The highest BCUT2D eigenvalue weighted by Gasteiger charge is 2.35. The summed E-state index contributed by atoms with van der Waals surface area (Å²) in [4.78, 5) is 36.8. The minimum Gasteiger partial charge on any atom is -0.480 e. The molecular formula is C23H24N2O6. The van der Waals surface area contributed by atoms with Gasteiger partial charge in [-0.25, -0.2) is 9.59 Å². The lowest BCUT2D eigenvalue weighted by Gasteiger charge is -2.39. The average Bonchev–Trinajstić information content (AvgIpc) is 3.04. The van der Waals surface area contributed by atoms with Crippen molar-refractivity contribution in [2.45, 2.75) is 25.0 Å². The van der Waals surface area contributed by atoms with Gasteiger partial charge in [-0.1, -0.05) is 48.5 Å². The van der Waals surface area contributed by atoms with Gasteiger partial charge in [-0.15, -0.1) is 0 Å². The van der Waals surface area contributed by atoms with Gasteiger partial charge in [0.15, 0.2) is 0 Å². The van der Waals surface area contributed by atoms with Crippen molar-refractivity contribution in [3.63, 3.8) is 0 Å². The molecule has 0 saturated carbocycles. The number of carbonyl (C=O) groups is 3. The lowest BCUT2D eigenvalue weighted by Crippen LogP contribution is -2.59. The summed E-state index contributed by atoms with van der Waals surface area (Å²) in [6.07, 6.45) is -0.941. The summed E-state index contributed by atoms with van der Waals surface area (Å²) in [5, 5.41) is 11.2. The quantitative estimate of drug-likeness (QED) is 0.706. The largest absolute Gasteiger partial charge is 0.480 e. The Morgan fingerprint density at radius 3 is 2.23 bits per heavy atom. The second-order valence-electron chi connectivity index (χ2n) is 7.76. The number of likely N-dealkylation sites (tertiary alicyclic amines) is 1. The second kappa shape index (κ2) is 8.77. The van der Waals surface area contributed by atoms with Crippen LogP contribution >= 0.6 is 0 Å². The van der Waals surface area contributed by atoms with E-state index >= 15 is 0 Å². The van der Waals surface area contributed by atoms with E-state index < -0.39 is 18.1 Å². The number of carboxylic acids is 1. The standard InChI is InChI=1S/C23H24N2O6/c1-14(22(28)25-10-15(11-25)30-13-21(26)27)24-23(29)31-12-20-18-8-4-2-6-16(18)17-7-3-5-9-19(17)20/h2-9,14-15,20H,10-13H2,1H3,(H,24,29)(H,26,27)/t14-/m0/s1. The zero-order chi connectivity index (χ0) is 22.0. The summed E-state index contributed by atoms with van der Waals surface area (Å²) in [5.74, 6) is -1.36. The maximum absolute atomic E-state index is 12.4. The van der Waals surface area contributed by atoms with E-state index in [1.807, 2.05) is 36.4 Å². The van der Waals surface area contributed by atoms with Crippen molar-refractivity contribution in [1.82, 2.24) is 10.2 Å². The van der Waals surface area contributed by atoms with Gasteiger partial charge in [0.25, 0.3) is 0 Å². The number of nitrogens with zero attached hydrogens (tertiary/aromatic N) is 1. The highest BCUT2D eigenvalue weighted by molar-refractivity contribution is 5.86.